The summed E-state index contributed by atoms with van der Waals surface area (Å²) in [6.07, 6.45) is 30.8. The average Bonchev–Trinajstić information content (AvgIpc) is 3.99. The number of ether oxygens (including phenoxy) is 1. The number of hydrogen-bond acceptors (Lipinski definition) is 7. The molecule has 5 heterocycles. The maximum atomic E-state index is 13.6. The maximum Gasteiger partial charge on any atom is 2.00 e. The molecule has 0 fully saturated rings. The van der Waals surface area contributed by atoms with Gasteiger partial charge in [-0.3, -0.25) is 14.6 Å². The third kappa shape index (κ3) is 11.9. The van der Waals surface area contributed by atoms with Crippen LogP contribution in [0.1, 0.15) is 194 Å². The molecule has 0 saturated heterocycles. The van der Waals surface area contributed by atoms with E-state index < -0.39 is 5.97 Å². The van der Waals surface area contributed by atoms with Gasteiger partial charge in [0.15, 0.2) is 5.76 Å². The second-order valence-electron chi connectivity index (χ2n) is 18.0. The smallest absolute Gasteiger partial charge is 0.875 e. The fourth-order valence-electron chi connectivity index (χ4n) is 9.71. The Morgan fingerprint density at radius 2 is 1.32 bits per heavy atom. The molecule has 1 aromatic rings. The first-order valence-electron chi connectivity index (χ1n) is 23.8. The number of aromatic nitrogens is 1. The van der Waals surface area contributed by atoms with Crippen molar-refractivity contribution in [1.82, 2.24) is 4.98 Å². The predicted molar refractivity (Wildman–Crippen MR) is 246 cm³/mol. The zero-order chi connectivity index (χ0) is 43.5. The van der Waals surface area contributed by atoms with Crippen LogP contribution in [0.25, 0.3) is 17.4 Å². The molecule has 4 aliphatic heterocycles. The van der Waals surface area contributed by atoms with Gasteiger partial charge in [-0.15, -0.1) is 16.8 Å². The summed E-state index contributed by atoms with van der Waals surface area (Å²) in [5.74, 6) is -1.04. The van der Waals surface area contributed by atoms with Crippen molar-refractivity contribution in [3.05, 3.63) is 73.5 Å². The molecule has 0 saturated carbocycles. The number of aliphatic imine (C=N–C) groups is 3. The summed E-state index contributed by atoms with van der Waals surface area (Å²) < 4.78 is 6.18. The van der Waals surface area contributed by atoms with Crippen molar-refractivity contribution >= 4 is 46.5 Å². The van der Waals surface area contributed by atoms with E-state index in [1.54, 1.807) is 0 Å². The first-order chi connectivity index (χ1) is 29.5. The van der Waals surface area contributed by atoms with Gasteiger partial charge in [0.05, 0.1) is 17.1 Å². The van der Waals surface area contributed by atoms with Crippen LogP contribution in [0.15, 0.2) is 66.7 Å². The number of carboxylic acid groups (broad SMARTS) is 1. The molecule has 10 heteroatoms. The number of carboxylic acids is 1. The molecule has 0 unspecified atom stereocenters. The molecule has 62 heavy (non-hydrogen) atoms. The minimum atomic E-state index is -0.872. The van der Waals surface area contributed by atoms with Crippen molar-refractivity contribution in [3.63, 3.8) is 0 Å². The van der Waals surface area contributed by atoms with Gasteiger partial charge in [-0.05, 0) is 80.5 Å². The fourth-order valence-corrected chi connectivity index (χ4v) is 9.71. The topological polar surface area (TPSA) is 138 Å². The molecule has 338 valence electrons. The molecule has 9 nitrogen and oxygen atoms in total. The van der Waals surface area contributed by atoms with Crippen LogP contribution in [0.2, 0.25) is 0 Å². The van der Waals surface area contributed by atoms with Crippen LogP contribution < -0.4 is 20.7 Å². The third-order valence-electron chi connectivity index (χ3n) is 13.5. The van der Waals surface area contributed by atoms with Crippen molar-refractivity contribution in [2.24, 2.45) is 26.8 Å². The van der Waals surface area contributed by atoms with E-state index >= 15 is 0 Å². The van der Waals surface area contributed by atoms with Gasteiger partial charge in [0.1, 0.15) is 5.70 Å². The van der Waals surface area contributed by atoms with E-state index in [4.69, 9.17) is 24.7 Å². The minimum absolute atomic E-state index is 0. The zero-order valence-corrected chi connectivity index (χ0v) is 39.3. The normalized spacial score (nSPS) is 19.1. The number of fused-ring (bicyclic) bond motifs is 5. The molecule has 6 rings (SSSR count). The summed E-state index contributed by atoms with van der Waals surface area (Å²) in [5, 5.41) is 24.5. The molecular formula is C52H70N4NiO5. The van der Waals surface area contributed by atoms with E-state index in [0.29, 0.717) is 46.3 Å². The first-order valence-corrected chi connectivity index (χ1v) is 23.8. The Morgan fingerprint density at radius 1 is 0.758 bits per heavy atom. The molecule has 1 aromatic heterocycles. The number of carbonyl (C=O) groups excluding carboxylic acids is 1. The Kier molecular flexibility index (Phi) is 18.6. The number of hydrogen-bond donors (Lipinski definition) is 1. The monoisotopic (exact) mass is 888 g/mol. The van der Waals surface area contributed by atoms with Crippen LogP contribution in [-0.4, -0.2) is 34.2 Å². The van der Waals surface area contributed by atoms with Gasteiger partial charge in [0, 0.05) is 41.7 Å². The fraction of sp³-hybridized carbons (Fsp3) is 0.596. The van der Waals surface area contributed by atoms with Gasteiger partial charge >= 0.3 is 28.4 Å². The van der Waals surface area contributed by atoms with E-state index in [2.05, 4.69) is 27.7 Å². The Labute approximate surface area is 380 Å². The summed E-state index contributed by atoms with van der Waals surface area (Å²) in [5.41, 5.74) is 9.34. The number of esters is 1. The van der Waals surface area contributed by atoms with Gasteiger partial charge in [0.2, 0.25) is 0 Å². The van der Waals surface area contributed by atoms with Crippen LogP contribution in [0.3, 0.4) is 0 Å². The first kappa shape index (κ1) is 49.0. The molecule has 8 bridgehead atoms. The Bertz CT molecular complexity index is 2210. The van der Waals surface area contributed by atoms with Crippen molar-refractivity contribution < 1.29 is 41.0 Å². The predicted octanol–water partition coefficient (Wildman–Crippen LogP) is 10.6. The van der Waals surface area contributed by atoms with Crippen LogP contribution in [0.5, 0.6) is 0 Å². The minimum Gasteiger partial charge on any atom is -0.875 e. The summed E-state index contributed by atoms with van der Waals surface area (Å²) >= 11 is 0. The Hall–Kier alpha value is -4.04. The molecule has 2 atom stereocenters. The van der Waals surface area contributed by atoms with Gasteiger partial charge in [-0.2, -0.15) is 0 Å². The number of allylic oxidation sites excluding steroid dienone is 6. The Morgan fingerprint density at radius 3 is 1.90 bits per heavy atom. The second-order valence-corrected chi connectivity index (χ2v) is 18.0. The van der Waals surface area contributed by atoms with Crippen LogP contribution in [0, 0.1) is 18.8 Å². The number of aliphatic carboxylic acids is 1. The molecular weight excluding hydrogens is 819 g/mol. The van der Waals surface area contributed by atoms with Gasteiger partial charge in [0.25, 0.3) is 0 Å². The van der Waals surface area contributed by atoms with Crippen molar-refractivity contribution in [1.29, 1.82) is 0 Å². The summed E-state index contributed by atoms with van der Waals surface area (Å²) in [4.78, 5) is 45.5. The number of rotatable bonds is 24. The molecule has 0 spiro atoms. The van der Waals surface area contributed by atoms with E-state index in [1.807, 2.05) is 32.1 Å². The van der Waals surface area contributed by atoms with E-state index in [-0.39, 0.29) is 52.9 Å². The number of nitrogens with zero attached hydrogens (tertiary/aromatic N) is 4. The molecule has 5 aliphatic rings. The standard InChI is InChI=1S/C52H72N4O5.Ni/c1-7-9-10-11-12-13-14-15-16-17-18-19-20-21-22-23-24-25-26-48(60)61-52-36(6)43-30-41-34(4)38(27-28-47(58)59)50(55-41)39-29-46(57)49-35(5)42(56-51(39)49)31-44-37(8-2)33(3)40(53-44)32-45(52)54-43;/h30-32,34,38H,7-29H2,1-6H3,(H3,53,54,55,56,57,58,59);/q;+2/p-2/t34-,38-;/m0./s1. The molecule has 0 aromatic carbocycles. The largest absolute Gasteiger partial charge is 2.00 e. The van der Waals surface area contributed by atoms with Gasteiger partial charge in [-0.1, -0.05) is 142 Å². The van der Waals surface area contributed by atoms with Crippen molar-refractivity contribution in [2.45, 2.75) is 189 Å². The number of carbonyl (C=O) groups is 2. The Balaban J connectivity index is 0.00000726. The van der Waals surface area contributed by atoms with Crippen LogP contribution >= 0.6 is 0 Å². The average molecular weight is 890 g/mol. The quantitative estimate of drug-likeness (QED) is 0.0623. The van der Waals surface area contributed by atoms with Crippen molar-refractivity contribution in [2.75, 3.05) is 0 Å². The molecule has 0 radical (unpaired) electrons. The van der Waals surface area contributed by atoms with E-state index in [9.17, 15) is 19.8 Å². The van der Waals surface area contributed by atoms with E-state index in [0.717, 1.165) is 76.4 Å². The van der Waals surface area contributed by atoms with Gasteiger partial charge < -0.3 is 19.9 Å². The molecule has 1 N–H and O–H groups in total. The second kappa shape index (κ2) is 23.6. The van der Waals surface area contributed by atoms with E-state index in [1.165, 1.54) is 96.3 Å². The summed E-state index contributed by atoms with van der Waals surface area (Å²) in [7, 11) is 0. The molecule has 0 amide bonds. The number of unbranched alkanes of at least 4 members (excludes halogenated alkanes) is 17. The maximum absolute atomic E-state index is 13.6. The summed E-state index contributed by atoms with van der Waals surface area (Å²) in [6, 6.07) is 0. The molecule has 1 aliphatic carbocycles. The third-order valence-corrected chi connectivity index (χ3v) is 13.5. The summed E-state index contributed by atoms with van der Waals surface area (Å²) in [6.45, 7) is 12.4. The van der Waals surface area contributed by atoms with Gasteiger partial charge in [-0.25, -0.2) is 9.98 Å². The van der Waals surface area contributed by atoms with Crippen LogP contribution in [0.4, 0.5) is 0 Å². The van der Waals surface area contributed by atoms with Crippen LogP contribution in [-0.2, 0) is 30.8 Å². The SMILES string of the molecule is CCCCCCCCCCCCCCCCCCCCC(=O)OC1=C(C)C2=NC1=CC1=NC(=Cc3[n-]c4c(c3C)=C([O-])CC=4C3=NC(=C2)[C@@H](C)[C@@H]3CCC(=O)O)C(CC)=C1C.[Ni+2]. The zero-order valence-electron chi connectivity index (χ0n) is 38.3. The van der Waals surface area contributed by atoms with Crippen molar-refractivity contribution in [3.8, 4) is 0 Å².